The van der Waals surface area contributed by atoms with E-state index in [1.165, 1.54) is 0 Å². The summed E-state index contributed by atoms with van der Waals surface area (Å²) >= 11 is 12.2. The quantitative estimate of drug-likeness (QED) is 0.386. The van der Waals surface area contributed by atoms with Crippen molar-refractivity contribution >= 4 is 45.6 Å². The predicted octanol–water partition coefficient (Wildman–Crippen LogP) is 5.89. The monoisotopic (exact) mass is 501 g/mol. The Morgan fingerprint density at radius 2 is 2.03 bits per heavy atom. The highest BCUT2D eigenvalue weighted by atomic mass is 35.5. The molecule has 0 bridgehead atoms. The van der Waals surface area contributed by atoms with Gasteiger partial charge >= 0.3 is 0 Å². The van der Waals surface area contributed by atoms with Crippen LogP contribution in [0.2, 0.25) is 5.02 Å². The van der Waals surface area contributed by atoms with Crippen molar-refractivity contribution in [3.8, 4) is 5.75 Å². The number of hydrogen-bond donors (Lipinski definition) is 1. The Morgan fingerprint density at radius 1 is 1.24 bits per heavy atom. The molecule has 1 aromatic heterocycles. The number of fused-ring (bicyclic) bond motifs is 1. The first-order valence-corrected chi connectivity index (χ1v) is 12.4. The van der Waals surface area contributed by atoms with Crippen LogP contribution in [0.5, 0.6) is 5.75 Å². The molecule has 182 valence electrons. The normalized spacial score (nSPS) is 15.3. The second-order valence-corrected chi connectivity index (χ2v) is 9.39. The summed E-state index contributed by atoms with van der Waals surface area (Å²) in [6.45, 7) is 9.45. The molecule has 1 aliphatic rings. The highest BCUT2D eigenvalue weighted by Crippen LogP contribution is 2.33. The van der Waals surface area contributed by atoms with Gasteiger partial charge < -0.3 is 24.1 Å². The highest BCUT2D eigenvalue weighted by molar-refractivity contribution is 7.80. The van der Waals surface area contributed by atoms with Gasteiger partial charge in [-0.1, -0.05) is 29.8 Å². The number of para-hydroxylation sites is 1. The number of methoxy groups -OCH3 is 1. The number of nitrogens with zero attached hydrogens (tertiary/aromatic N) is 2. The summed E-state index contributed by atoms with van der Waals surface area (Å²) in [6, 6.07) is 13.8. The van der Waals surface area contributed by atoms with Gasteiger partial charge in [-0.2, -0.15) is 0 Å². The lowest BCUT2D eigenvalue weighted by atomic mass is 10.2. The van der Waals surface area contributed by atoms with E-state index in [0.29, 0.717) is 10.1 Å². The van der Waals surface area contributed by atoms with Gasteiger partial charge in [0.2, 0.25) is 0 Å². The number of anilines is 1. The molecule has 0 aliphatic carbocycles. The fourth-order valence-electron chi connectivity index (χ4n) is 4.20. The van der Waals surface area contributed by atoms with E-state index in [1.54, 1.807) is 7.11 Å². The molecule has 0 spiro atoms. The molecule has 2 heterocycles. The first-order valence-electron chi connectivity index (χ1n) is 11.7. The van der Waals surface area contributed by atoms with Crippen LogP contribution in [0.3, 0.4) is 0 Å². The highest BCUT2D eigenvalue weighted by Gasteiger charge is 2.23. The lowest BCUT2D eigenvalue weighted by Gasteiger charge is -2.32. The molecule has 1 aliphatic heterocycles. The van der Waals surface area contributed by atoms with Gasteiger partial charge in [-0.3, -0.25) is 4.90 Å². The van der Waals surface area contributed by atoms with Gasteiger partial charge in [0.1, 0.15) is 5.76 Å². The van der Waals surface area contributed by atoms with Crippen LogP contribution in [-0.4, -0.2) is 61.4 Å². The molecular weight excluding hydrogens is 470 g/mol. The first kappa shape index (κ1) is 24.8. The van der Waals surface area contributed by atoms with Crippen molar-refractivity contribution in [3.63, 3.8) is 0 Å². The predicted molar refractivity (Wildman–Crippen MR) is 142 cm³/mol. The largest absolute Gasteiger partial charge is 0.493 e. The molecule has 4 rings (SSSR count). The van der Waals surface area contributed by atoms with Gasteiger partial charge in [0.15, 0.2) is 16.4 Å². The zero-order valence-corrected chi connectivity index (χ0v) is 21.5. The molecule has 2 aromatic carbocycles. The zero-order chi connectivity index (χ0) is 24.1. The van der Waals surface area contributed by atoms with Crippen LogP contribution < -0.4 is 10.1 Å². The number of morpholine rings is 1. The van der Waals surface area contributed by atoms with E-state index in [1.807, 2.05) is 43.3 Å². The zero-order valence-electron chi connectivity index (χ0n) is 20.0. The number of ether oxygens (including phenoxy) is 2. The van der Waals surface area contributed by atoms with Crippen molar-refractivity contribution in [2.75, 3.05) is 51.8 Å². The molecule has 1 atom stereocenters. The van der Waals surface area contributed by atoms with E-state index in [0.717, 1.165) is 79.5 Å². The maximum atomic E-state index is 6.34. The molecule has 1 unspecified atom stereocenters. The number of hydrogen-bond acceptors (Lipinski definition) is 5. The van der Waals surface area contributed by atoms with Crippen LogP contribution >= 0.6 is 23.8 Å². The van der Waals surface area contributed by atoms with Crippen molar-refractivity contribution in [1.82, 2.24) is 9.80 Å². The summed E-state index contributed by atoms with van der Waals surface area (Å²) in [5.74, 6) is 1.57. The number of halogens is 1. The molecule has 1 N–H and O–H groups in total. The van der Waals surface area contributed by atoms with Crippen molar-refractivity contribution in [2.45, 2.75) is 26.3 Å². The molecule has 1 fully saturated rings. The van der Waals surface area contributed by atoms with Crippen molar-refractivity contribution < 1.29 is 13.9 Å². The Labute approximate surface area is 211 Å². The Morgan fingerprint density at radius 3 is 2.76 bits per heavy atom. The van der Waals surface area contributed by atoms with Crippen molar-refractivity contribution in [3.05, 3.63) is 58.8 Å². The minimum absolute atomic E-state index is 0.0669. The summed E-state index contributed by atoms with van der Waals surface area (Å²) in [4.78, 5) is 4.63. The third-order valence-electron chi connectivity index (χ3n) is 6.29. The van der Waals surface area contributed by atoms with Crippen molar-refractivity contribution in [2.24, 2.45) is 0 Å². The number of aryl methyl sites for hydroxylation is 1. The summed E-state index contributed by atoms with van der Waals surface area (Å²) < 4.78 is 17.2. The number of rotatable bonds is 8. The van der Waals surface area contributed by atoms with E-state index in [9.17, 15) is 0 Å². The van der Waals surface area contributed by atoms with Gasteiger partial charge in [0.05, 0.1) is 26.4 Å². The van der Waals surface area contributed by atoms with E-state index >= 15 is 0 Å². The van der Waals surface area contributed by atoms with E-state index in [4.69, 9.17) is 37.7 Å². The average molecular weight is 502 g/mol. The molecule has 8 heteroatoms. The first-order chi connectivity index (χ1) is 16.5. The van der Waals surface area contributed by atoms with Crippen LogP contribution in [0.4, 0.5) is 5.69 Å². The maximum absolute atomic E-state index is 6.34. The Hall–Kier alpha value is -2.32. The van der Waals surface area contributed by atoms with Crippen LogP contribution in [-0.2, 0) is 4.74 Å². The second kappa shape index (κ2) is 11.4. The van der Waals surface area contributed by atoms with Crippen LogP contribution in [0.15, 0.2) is 46.9 Å². The molecule has 1 saturated heterocycles. The van der Waals surface area contributed by atoms with Crippen LogP contribution in [0.25, 0.3) is 11.0 Å². The molecule has 0 amide bonds. The third kappa shape index (κ3) is 5.84. The van der Waals surface area contributed by atoms with Gasteiger partial charge in [0.25, 0.3) is 0 Å². The van der Waals surface area contributed by atoms with Crippen LogP contribution in [0, 0.1) is 6.92 Å². The molecular formula is C26H32ClN3O3S. The standard InChI is InChI=1S/C26H32ClN3O3S/c1-18-8-9-21(17-22(18)27)28-26(34)30(11-5-10-29-12-14-32-15-13-29)19(2)24-16-20-6-4-7-23(31-3)25(20)33-24/h4,6-9,16-17,19H,5,10-15H2,1-3H3,(H,28,34). The number of furan rings is 1. The Balaban J connectivity index is 1.53. The van der Waals surface area contributed by atoms with Gasteiger partial charge in [-0.25, -0.2) is 0 Å². The summed E-state index contributed by atoms with van der Waals surface area (Å²) in [5, 5.41) is 5.74. The molecule has 3 aromatic rings. The number of benzene rings is 2. The van der Waals surface area contributed by atoms with Crippen molar-refractivity contribution in [1.29, 1.82) is 0 Å². The lowest BCUT2D eigenvalue weighted by molar-refractivity contribution is 0.0365. The van der Waals surface area contributed by atoms with Gasteiger partial charge in [-0.05, 0) is 62.3 Å². The van der Waals surface area contributed by atoms with Crippen LogP contribution in [0.1, 0.15) is 30.7 Å². The smallest absolute Gasteiger partial charge is 0.176 e. The molecule has 6 nitrogen and oxygen atoms in total. The fourth-order valence-corrected chi connectivity index (χ4v) is 4.75. The number of thiocarbonyl (C=S) groups is 1. The summed E-state index contributed by atoms with van der Waals surface area (Å²) in [5.41, 5.74) is 2.66. The van der Waals surface area contributed by atoms with E-state index in [2.05, 4.69) is 28.1 Å². The Kier molecular flexibility index (Phi) is 8.32. The molecule has 0 saturated carbocycles. The fraction of sp³-hybridized carbons (Fsp3) is 0.423. The van der Waals surface area contributed by atoms with Gasteiger partial charge in [-0.15, -0.1) is 0 Å². The topological polar surface area (TPSA) is 50.1 Å². The summed E-state index contributed by atoms with van der Waals surface area (Å²) in [6.07, 6.45) is 0.977. The minimum atomic E-state index is -0.0669. The SMILES string of the molecule is COc1cccc2cc(C(C)N(CCCN3CCOCC3)C(=S)Nc3ccc(C)c(Cl)c3)oc12. The lowest BCUT2D eigenvalue weighted by Crippen LogP contribution is -2.41. The Bertz CT molecular complexity index is 1130. The van der Waals surface area contributed by atoms with E-state index in [-0.39, 0.29) is 6.04 Å². The average Bonchev–Trinajstić information content (AvgIpc) is 3.29. The van der Waals surface area contributed by atoms with E-state index < -0.39 is 0 Å². The molecule has 0 radical (unpaired) electrons. The summed E-state index contributed by atoms with van der Waals surface area (Å²) in [7, 11) is 1.66. The molecule has 34 heavy (non-hydrogen) atoms. The second-order valence-electron chi connectivity index (χ2n) is 8.60. The maximum Gasteiger partial charge on any atom is 0.176 e. The number of nitrogens with one attached hydrogen (secondary N) is 1. The minimum Gasteiger partial charge on any atom is -0.493 e. The third-order valence-corrected chi connectivity index (χ3v) is 7.03. The van der Waals surface area contributed by atoms with Gasteiger partial charge in [0, 0.05) is 42.3 Å².